The Morgan fingerprint density at radius 1 is 1.46 bits per heavy atom. The molecule has 2 rings (SSSR count). The molecule has 2 aliphatic rings. The Kier molecular flexibility index (Phi) is 1.77. The number of aliphatic hydroxyl groups is 1. The van der Waals surface area contributed by atoms with Crippen molar-refractivity contribution in [2.75, 3.05) is 6.61 Å². The Bertz CT molecular complexity index is 249. The number of fused-ring (bicyclic) bond motifs is 1. The molecule has 2 fully saturated rings. The van der Waals surface area contributed by atoms with Gasteiger partial charge in [0.25, 0.3) is 0 Å². The molecule has 13 heavy (non-hydrogen) atoms. The second-order valence-electron chi connectivity index (χ2n) is 5.15. The van der Waals surface area contributed by atoms with Gasteiger partial charge >= 0.3 is 0 Å². The highest BCUT2D eigenvalue weighted by Crippen LogP contribution is 2.76. The third-order valence-corrected chi connectivity index (χ3v) is 6.12. The lowest BCUT2D eigenvalue weighted by atomic mass is 9.93. The standard InChI is InChI=1S/C10H17BrO2/c1-6(2)10(12)9(11)7(5-13-10)8(9,3)4/h6-7,12H,5H2,1-4H3. The lowest BCUT2D eigenvalue weighted by molar-refractivity contribution is -0.220. The molecule has 2 nitrogen and oxygen atoms in total. The number of halogens is 1. The van der Waals surface area contributed by atoms with E-state index in [-0.39, 0.29) is 15.7 Å². The van der Waals surface area contributed by atoms with E-state index in [4.69, 9.17) is 4.74 Å². The van der Waals surface area contributed by atoms with Crippen molar-refractivity contribution in [1.82, 2.24) is 0 Å². The molecule has 3 atom stereocenters. The Morgan fingerprint density at radius 3 is 2.23 bits per heavy atom. The van der Waals surface area contributed by atoms with Crippen LogP contribution in [0.25, 0.3) is 0 Å². The van der Waals surface area contributed by atoms with Crippen molar-refractivity contribution in [1.29, 1.82) is 0 Å². The van der Waals surface area contributed by atoms with Crippen LogP contribution in [-0.4, -0.2) is 21.8 Å². The topological polar surface area (TPSA) is 29.5 Å². The molecule has 0 radical (unpaired) electrons. The van der Waals surface area contributed by atoms with Crippen molar-refractivity contribution in [3.05, 3.63) is 0 Å². The van der Waals surface area contributed by atoms with E-state index in [2.05, 4.69) is 29.8 Å². The van der Waals surface area contributed by atoms with Crippen LogP contribution in [0.5, 0.6) is 0 Å². The monoisotopic (exact) mass is 248 g/mol. The van der Waals surface area contributed by atoms with E-state index in [1.165, 1.54) is 0 Å². The molecule has 3 heteroatoms. The van der Waals surface area contributed by atoms with Crippen molar-refractivity contribution >= 4 is 15.9 Å². The van der Waals surface area contributed by atoms with Gasteiger partial charge in [-0.05, 0) is 5.41 Å². The fourth-order valence-electron chi connectivity index (χ4n) is 2.75. The molecule has 0 bridgehead atoms. The van der Waals surface area contributed by atoms with Gasteiger partial charge in [-0.3, -0.25) is 0 Å². The summed E-state index contributed by atoms with van der Waals surface area (Å²) in [7, 11) is 0. The number of hydrogen-bond donors (Lipinski definition) is 1. The van der Waals surface area contributed by atoms with Crippen molar-refractivity contribution in [3.8, 4) is 0 Å². The predicted octanol–water partition coefficient (Wildman–Crippen LogP) is 2.15. The molecular formula is C10H17BrO2. The van der Waals surface area contributed by atoms with Crippen LogP contribution in [0.4, 0.5) is 0 Å². The maximum atomic E-state index is 10.4. The summed E-state index contributed by atoms with van der Waals surface area (Å²) in [6.07, 6.45) is 0. The highest BCUT2D eigenvalue weighted by molar-refractivity contribution is 9.10. The minimum atomic E-state index is -0.985. The zero-order valence-corrected chi connectivity index (χ0v) is 10.2. The van der Waals surface area contributed by atoms with Gasteiger partial charge in [0.15, 0.2) is 5.79 Å². The van der Waals surface area contributed by atoms with Crippen molar-refractivity contribution < 1.29 is 9.84 Å². The second kappa shape index (κ2) is 2.31. The second-order valence-corrected chi connectivity index (χ2v) is 6.40. The quantitative estimate of drug-likeness (QED) is 0.721. The molecule has 0 amide bonds. The smallest absolute Gasteiger partial charge is 0.184 e. The molecule has 0 aromatic carbocycles. The lowest BCUT2D eigenvalue weighted by Crippen LogP contribution is -2.48. The highest BCUT2D eigenvalue weighted by Gasteiger charge is 2.83. The van der Waals surface area contributed by atoms with Crippen LogP contribution in [0.1, 0.15) is 27.7 Å². The molecule has 0 aromatic heterocycles. The van der Waals surface area contributed by atoms with E-state index in [9.17, 15) is 5.11 Å². The molecular weight excluding hydrogens is 232 g/mol. The zero-order chi connectivity index (χ0) is 10.1. The van der Waals surface area contributed by atoms with Crippen molar-refractivity contribution in [2.45, 2.75) is 37.8 Å². The van der Waals surface area contributed by atoms with Gasteiger partial charge in [0.05, 0.1) is 10.9 Å². The molecule has 1 heterocycles. The molecule has 3 unspecified atom stereocenters. The van der Waals surface area contributed by atoms with Gasteiger partial charge in [0, 0.05) is 11.8 Å². The Labute approximate surface area is 87.8 Å². The van der Waals surface area contributed by atoms with Crippen LogP contribution in [0.2, 0.25) is 0 Å². The maximum absolute atomic E-state index is 10.4. The molecule has 1 N–H and O–H groups in total. The Hall–Kier alpha value is 0.400. The SMILES string of the molecule is CC(C)C1(O)OCC2C(C)(C)C21Br. The minimum Gasteiger partial charge on any atom is -0.364 e. The molecule has 1 saturated carbocycles. The van der Waals surface area contributed by atoms with Crippen LogP contribution in [-0.2, 0) is 4.74 Å². The molecule has 1 saturated heterocycles. The van der Waals surface area contributed by atoms with E-state index < -0.39 is 5.79 Å². The summed E-state index contributed by atoms with van der Waals surface area (Å²) in [5, 5.41) is 10.4. The first-order valence-electron chi connectivity index (χ1n) is 4.83. The fraction of sp³-hybridized carbons (Fsp3) is 1.00. The summed E-state index contributed by atoms with van der Waals surface area (Å²) in [4.78, 5) is 0. The largest absolute Gasteiger partial charge is 0.364 e. The van der Waals surface area contributed by atoms with Crippen LogP contribution < -0.4 is 0 Å². The summed E-state index contributed by atoms with van der Waals surface area (Å²) in [6.45, 7) is 9.04. The summed E-state index contributed by atoms with van der Waals surface area (Å²) in [6, 6.07) is 0. The van der Waals surface area contributed by atoms with Crippen LogP contribution >= 0.6 is 15.9 Å². The minimum absolute atomic E-state index is 0.124. The van der Waals surface area contributed by atoms with E-state index in [0.29, 0.717) is 12.5 Å². The third kappa shape index (κ3) is 0.822. The normalized spacial score (nSPS) is 52.4. The first-order valence-corrected chi connectivity index (χ1v) is 5.63. The van der Waals surface area contributed by atoms with Gasteiger partial charge < -0.3 is 9.84 Å². The fourth-order valence-corrected chi connectivity index (χ4v) is 4.19. The van der Waals surface area contributed by atoms with Gasteiger partial charge in [0.2, 0.25) is 0 Å². The van der Waals surface area contributed by atoms with Crippen LogP contribution in [0, 0.1) is 17.3 Å². The predicted molar refractivity (Wildman–Crippen MR) is 54.7 cm³/mol. The third-order valence-electron chi connectivity index (χ3n) is 3.98. The van der Waals surface area contributed by atoms with E-state index in [1.54, 1.807) is 0 Å². The first-order chi connectivity index (χ1) is 5.78. The zero-order valence-electron chi connectivity index (χ0n) is 8.60. The Morgan fingerprint density at radius 2 is 2.00 bits per heavy atom. The molecule has 1 aliphatic carbocycles. The maximum Gasteiger partial charge on any atom is 0.184 e. The number of alkyl halides is 1. The first kappa shape index (κ1) is 9.94. The van der Waals surface area contributed by atoms with Gasteiger partial charge in [-0.1, -0.05) is 43.6 Å². The van der Waals surface area contributed by atoms with Crippen LogP contribution in [0.3, 0.4) is 0 Å². The molecule has 76 valence electrons. The lowest BCUT2D eigenvalue weighted by Gasteiger charge is -2.36. The summed E-state index contributed by atoms with van der Waals surface area (Å²) >= 11 is 3.69. The number of rotatable bonds is 1. The van der Waals surface area contributed by atoms with Gasteiger partial charge in [-0.2, -0.15) is 0 Å². The average Bonchev–Trinajstić information content (AvgIpc) is 2.34. The Balaban J connectivity index is 2.36. The number of hydrogen-bond acceptors (Lipinski definition) is 2. The van der Waals surface area contributed by atoms with Gasteiger partial charge in [-0.15, -0.1) is 0 Å². The number of ether oxygens (including phenoxy) is 1. The van der Waals surface area contributed by atoms with Crippen molar-refractivity contribution in [2.24, 2.45) is 17.3 Å². The average molecular weight is 249 g/mol. The summed E-state index contributed by atoms with van der Waals surface area (Å²) in [5.41, 5.74) is 0.157. The van der Waals surface area contributed by atoms with E-state index in [0.717, 1.165) is 0 Å². The highest BCUT2D eigenvalue weighted by atomic mass is 79.9. The van der Waals surface area contributed by atoms with E-state index in [1.807, 2.05) is 13.8 Å². The van der Waals surface area contributed by atoms with Crippen LogP contribution in [0.15, 0.2) is 0 Å². The molecule has 0 spiro atoms. The molecule has 0 aromatic rings. The van der Waals surface area contributed by atoms with E-state index >= 15 is 0 Å². The summed E-state index contributed by atoms with van der Waals surface area (Å²) in [5.74, 6) is -0.410. The molecule has 1 aliphatic heterocycles. The van der Waals surface area contributed by atoms with Crippen molar-refractivity contribution in [3.63, 3.8) is 0 Å². The summed E-state index contributed by atoms with van der Waals surface area (Å²) < 4.78 is 5.29. The van der Waals surface area contributed by atoms with Gasteiger partial charge in [0.1, 0.15) is 0 Å². The van der Waals surface area contributed by atoms with Gasteiger partial charge in [-0.25, -0.2) is 0 Å².